The fourth-order valence-corrected chi connectivity index (χ4v) is 2.87. The molecule has 2 aromatic carbocycles. The molecule has 1 N–H and O–H groups in total. The molecule has 0 fully saturated rings. The second-order valence-electron chi connectivity index (χ2n) is 6.21. The molecule has 0 unspecified atom stereocenters. The van der Waals surface area contributed by atoms with E-state index in [2.05, 4.69) is 5.32 Å². The zero-order valence-corrected chi connectivity index (χ0v) is 15.2. The number of hydrogen-bond acceptors (Lipinski definition) is 4. The number of hydrogen-bond donors (Lipinski definition) is 1. The molecular formula is C21H23NO4. The van der Waals surface area contributed by atoms with E-state index in [1.54, 1.807) is 13.2 Å². The van der Waals surface area contributed by atoms with Gasteiger partial charge in [0.25, 0.3) is 0 Å². The quantitative estimate of drug-likeness (QED) is 0.834. The van der Waals surface area contributed by atoms with Crippen molar-refractivity contribution in [3.8, 4) is 17.2 Å². The maximum atomic E-state index is 12.3. The molecule has 0 aromatic heterocycles. The molecule has 0 saturated carbocycles. The summed E-state index contributed by atoms with van der Waals surface area (Å²) in [6, 6.07) is 11.4. The number of benzene rings is 2. The lowest BCUT2D eigenvalue weighted by Crippen LogP contribution is -2.25. The van der Waals surface area contributed by atoms with Gasteiger partial charge < -0.3 is 19.5 Å². The first kappa shape index (κ1) is 17.9. The van der Waals surface area contributed by atoms with Crippen LogP contribution in [0.4, 0.5) is 0 Å². The highest BCUT2D eigenvalue weighted by Gasteiger charge is 2.14. The molecule has 0 saturated heterocycles. The first-order valence-electron chi connectivity index (χ1n) is 8.59. The SMILES string of the molecule is COc1ccc(C)cc1[C@H](C)NC(=O)/C=C/c1ccc2c(c1)OCCO2. The van der Waals surface area contributed by atoms with Gasteiger partial charge in [0.15, 0.2) is 11.5 Å². The van der Waals surface area contributed by atoms with Crippen LogP contribution in [0.25, 0.3) is 6.08 Å². The van der Waals surface area contributed by atoms with Gasteiger partial charge >= 0.3 is 0 Å². The predicted octanol–water partition coefficient (Wildman–Crippen LogP) is 3.67. The first-order valence-corrected chi connectivity index (χ1v) is 8.59. The average molecular weight is 353 g/mol. The lowest BCUT2D eigenvalue weighted by molar-refractivity contribution is -0.117. The van der Waals surface area contributed by atoms with E-state index in [0.29, 0.717) is 19.0 Å². The van der Waals surface area contributed by atoms with Gasteiger partial charge in [0.1, 0.15) is 19.0 Å². The summed E-state index contributed by atoms with van der Waals surface area (Å²) >= 11 is 0. The van der Waals surface area contributed by atoms with Crippen molar-refractivity contribution in [1.29, 1.82) is 0 Å². The van der Waals surface area contributed by atoms with Gasteiger partial charge in [-0.25, -0.2) is 0 Å². The van der Waals surface area contributed by atoms with E-state index in [9.17, 15) is 4.79 Å². The topological polar surface area (TPSA) is 56.8 Å². The molecule has 5 nitrogen and oxygen atoms in total. The normalized spacial score (nSPS) is 14.1. The number of carbonyl (C=O) groups is 1. The van der Waals surface area contributed by atoms with Gasteiger partial charge in [-0.2, -0.15) is 0 Å². The van der Waals surface area contributed by atoms with E-state index >= 15 is 0 Å². The number of rotatable bonds is 5. The highest BCUT2D eigenvalue weighted by molar-refractivity contribution is 5.92. The summed E-state index contributed by atoms with van der Waals surface area (Å²) < 4.78 is 16.4. The third-order valence-electron chi connectivity index (χ3n) is 4.20. The highest BCUT2D eigenvalue weighted by Crippen LogP contribution is 2.31. The zero-order chi connectivity index (χ0) is 18.5. The van der Waals surface area contributed by atoms with E-state index in [1.807, 2.05) is 50.2 Å². The molecule has 3 rings (SSSR count). The van der Waals surface area contributed by atoms with Crippen LogP contribution in [0.15, 0.2) is 42.5 Å². The van der Waals surface area contributed by atoms with Crippen molar-refractivity contribution in [1.82, 2.24) is 5.32 Å². The van der Waals surface area contributed by atoms with E-state index in [4.69, 9.17) is 14.2 Å². The Hall–Kier alpha value is -2.95. The zero-order valence-electron chi connectivity index (χ0n) is 15.2. The number of ether oxygens (including phenoxy) is 3. The van der Waals surface area contributed by atoms with E-state index in [-0.39, 0.29) is 11.9 Å². The van der Waals surface area contributed by atoms with Crippen LogP contribution >= 0.6 is 0 Å². The third-order valence-corrected chi connectivity index (χ3v) is 4.20. The minimum atomic E-state index is -0.170. The van der Waals surface area contributed by atoms with E-state index in [1.165, 1.54) is 6.08 Å². The molecule has 136 valence electrons. The van der Waals surface area contributed by atoms with Crippen LogP contribution in [0, 0.1) is 6.92 Å². The van der Waals surface area contributed by atoms with Crippen molar-refractivity contribution < 1.29 is 19.0 Å². The molecule has 2 aromatic rings. The Morgan fingerprint density at radius 3 is 2.69 bits per heavy atom. The van der Waals surface area contributed by atoms with Gasteiger partial charge in [-0.3, -0.25) is 4.79 Å². The van der Waals surface area contributed by atoms with Crippen molar-refractivity contribution in [3.05, 3.63) is 59.2 Å². The summed E-state index contributed by atoms with van der Waals surface area (Å²) in [6.45, 7) is 5.05. The lowest BCUT2D eigenvalue weighted by Gasteiger charge is -2.18. The average Bonchev–Trinajstić information content (AvgIpc) is 2.66. The second kappa shape index (κ2) is 7.95. The Morgan fingerprint density at radius 2 is 1.92 bits per heavy atom. The Kier molecular flexibility index (Phi) is 5.46. The number of nitrogens with one attached hydrogen (secondary N) is 1. The van der Waals surface area contributed by atoms with E-state index in [0.717, 1.165) is 28.2 Å². The van der Waals surface area contributed by atoms with Crippen LogP contribution in [0.5, 0.6) is 17.2 Å². The van der Waals surface area contributed by atoms with Crippen LogP contribution in [-0.2, 0) is 4.79 Å². The summed E-state index contributed by atoms with van der Waals surface area (Å²) in [5, 5.41) is 2.97. The lowest BCUT2D eigenvalue weighted by atomic mass is 10.0. The van der Waals surface area contributed by atoms with Crippen LogP contribution in [0.2, 0.25) is 0 Å². The second-order valence-corrected chi connectivity index (χ2v) is 6.21. The first-order chi connectivity index (χ1) is 12.6. The van der Waals surface area contributed by atoms with Gasteiger partial charge in [0.05, 0.1) is 13.2 Å². The number of methoxy groups -OCH3 is 1. The van der Waals surface area contributed by atoms with Crippen molar-refractivity contribution in [3.63, 3.8) is 0 Å². The van der Waals surface area contributed by atoms with Crippen LogP contribution in [0.3, 0.4) is 0 Å². The van der Waals surface area contributed by atoms with Gasteiger partial charge in [0, 0.05) is 11.6 Å². The maximum Gasteiger partial charge on any atom is 0.244 e. The highest BCUT2D eigenvalue weighted by atomic mass is 16.6. The van der Waals surface area contributed by atoms with Gasteiger partial charge in [-0.05, 0) is 43.7 Å². The molecule has 5 heteroatoms. The van der Waals surface area contributed by atoms with Crippen molar-refractivity contribution in [2.45, 2.75) is 19.9 Å². The summed E-state index contributed by atoms with van der Waals surface area (Å²) in [4.78, 5) is 12.3. The fraction of sp³-hybridized carbons (Fsp3) is 0.286. The number of carbonyl (C=O) groups excluding carboxylic acids is 1. The Morgan fingerprint density at radius 1 is 1.15 bits per heavy atom. The number of amides is 1. The predicted molar refractivity (Wildman–Crippen MR) is 101 cm³/mol. The minimum absolute atomic E-state index is 0.165. The molecule has 1 heterocycles. The summed E-state index contributed by atoms with van der Waals surface area (Å²) in [7, 11) is 1.63. The Labute approximate surface area is 153 Å². The fourth-order valence-electron chi connectivity index (χ4n) is 2.87. The molecule has 1 atom stereocenters. The molecule has 0 aliphatic carbocycles. The monoisotopic (exact) mass is 353 g/mol. The summed E-state index contributed by atoms with van der Waals surface area (Å²) in [6.07, 6.45) is 3.28. The standard InChI is InChI=1S/C21H23NO4/c1-14-4-7-18(24-3)17(12-14)15(2)22-21(23)9-6-16-5-8-19-20(13-16)26-11-10-25-19/h4-9,12-13,15H,10-11H2,1-3H3,(H,22,23)/b9-6+/t15-/m0/s1. The molecular weight excluding hydrogens is 330 g/mol. The van der Waals surface area contributed by atoms with E-state index < -0.39 is 0 Å². The minimum Gasteiger partial charge on any atom is -0.496 e. The molecule has 0 bridgehead atoms. The van der Waals surface area contributed by atoms with Crippen molar-refractivity contribution >= 4 is 12.0 Å². The molecule has 1 amide bonds. The van der Waals surface area contributed by atoms with Crippen molar-refractivity contribution in [2.24, 2.45) is 0 Å². The van der Waals surface area contributed by atoms with Gasteiger partial charge in [0.2, 0.25) is 5.91 Å². The molecule has 26 heavy (non-hydrogen) atoms. The molecule has 0 radical (unpaired) electrons. The smallest absolute Gasteiger partial charge is 0.244 e. The molecule has 0 spiro atoms. The number of aryl methyl sites for hydroxylation is 1. The van der Waals surface area contributed by atoms with Crippen LogP contribution in [-0.4, -0.2) is 26.2 Å². The van der Waals surface area contributed by atoms with Gasteiger partial charge in [-0.1, -0.05) is 23.8 Å². The third kappa shape index (κ3) is 4.17. The Balaban J connectivity index is 1.67. The summed E-state index contributed by atoms with van der Waals surface area (Å²) in [5.41, 5.74) is 2.95. The number of fused-ring (bicyclic) bond motifs is 1. The Bertz CT molecular complexity index is 829. The molecule has 1 aliphatic rings. The maximum absolute atomic E-state index is 12.3. The van der Waals surface area contributed by atoms with Crippen LogP contribution < -0.4 is 19.5 Å². The molecule has 1 aliphatic heterocycles. The van der Waals surface area contributed by atoms with Crippen molar-refractivity contribution in [2.75, 3.05) is 20.3 Å². The largest absolute Gasteiger partial charge is 0.496 e. The van der Waals surface area contributed by atoms with Gasteiger partial charge in [-0.15, -0.1) is 0 Å². The summed E-state index contributed by atoms with van der Waals surface area (Å²) in [5.74, 6) is 2.03. The van der Waals surface area contributed by atoms with Crippen LogP contribution in [0.1, 0.15) is 29.7 Å².